The molecule has 0 aromatic rings. The topological polar surface area (TPSA) is 26.0 Å². The van der Waals surface area contributed by atoms with Crippen molar-refractivity contribution >= 4 is 0 Å². The Hall–Kier alpha value is -0.980. The fraction of sp³-hybridized carbons (Fsp3) is 0.400. The molecule has 0 aliphatic heterocycles. The third-order valence-electron chi connectivity index (χ3n) is 1.33. The summed E-state index contributed by atoms with van der Waals surface area (Å²) in [6.45, 7) is 5.99. The third kappa shape index (κ3) is 6.91. The minimum absolute atomic E-state index is 0.910. The molecule has 0 aliphatic rings. The van der Waals surface area contributed by atoms with Crippen molar-refractivity contribution in [1.29, 1.82) is 0 Å². The summed E-state index contributed by atoms with van der Waals surface area (Å²) in [4.78, 5) is 0. The standard InChI is InChI=1S/C10H17N/c1-3-4-5-6-7-10(2)8-9-11/h5-6,8-9H,2-4,7,11H2,1H3/b6-5+,9-8-. The lowest BCUT2D eigenvalue weighted by Crippen LogP contribution is -1.78. The fourth-order valence-electron chi connectivity index (χ4n) is 0.723. The number of nitrogens with two attached hydrogens (primary N) is 1. The quantitative estimate of drug-likeness (QED) is 0.474. The van der Waals surface area contributed by atoms with Gasteiger partial charge < -0.3 is 5.73 Å². The van der Waals surface area contributed by atoms with Crippen molar-refractivity contribution in [2.24, 2.45) is 5.73 Å². The number of hydrogen-bond donors (Lipinski definition) is 1. The van der Waals surface area contributed by atoms with Crippen LogP contribution >= 0.6 is 0 Å². The van der Waals surface area contributed by atoms with Gasteiger partial charge in [-0.15, -0.1) is 0 Å². The monoisotopic (exact) mass is 151 g/mol. The van der Waals surface area contributed by atoms with E-state index in [-0.39, 0.29) is 0 Å². The SMILES string of the molecule is C=C(/C=C\N)C/C=C/CCC. The molecule has 0 heterocycles. The molecule has 1 heteroatoms. The van der Waals surface area contributed by atoms with Crippen molar-refractivity contribution in [2.75, 3.05) is 0 Å². The lowest BCUT2D eigenvalue weighted by atomic mass is 10.2. The Morgan fingerprint density at radius 3 is 2.73 bits per heavy atom. The van der Waals surface area contributed by atoms with Crippen LogP contribution in [-0.2, 0) is 0 Å². The molecule has 0 aliphatic carbocycles. The van der Waals surface area contributed by atoms with Gasteiger partial charge in [-0.25, -0.2) is 0 Å². The molecule has 2 N–H and O–H groups in total. The maximum Gasteiger partial charge on any atom is -0.00597 e. The Balaban J connectivity index is 3.45. The van der Waals surface area contributed by atoms with E-state index in [9.17, 15) is 0 Å². The highest BCUT2D eigenvalue weighted by atomic mass is 14.5. The summed E-state index contributed by atoms with van der Waals surface area (Å²) in [6, 6.07) is 0. The van der Waals surface area contributed by atoms with Crippen LogP contribution in [0, 0.1) is 0 Å². The maximum absolute atomic E-state index is 5.19. The van der Waals surface area contributed by atoms with Crippen molar-refractivity contribution in [2.45, 2.75) is 26.2 Å². The van der Waals surface area contributed by atoms with Crippen LogP contribution in [0.1, 0.15) is 26.2 Å². The summed E-state index contributed by atoms with van der Waals surface area (Å²) >= 11 is 0. The molecular weight excluding hydrogens is 134 g/mol. The zero-order chi connectivity index (χ0) is 8.53. The zero-order valence-electron chi connectivity index (χ0n) is 7.22. The molecule has 1 nitrogen and oxygen atoms in total. The largest absolute Gasteiger partial charge is 0.405 e. The first-order chi connectivity index (χ1) is 5.31. The molecule has 0 unspecified atom stereocenters. The van der Waals surface area contributed by atoms with Crippen LogP contribution in [0.2, 0.25) is 0 Å². The molecule has 0 aromatic carbocycles. The second-order valence-corrected chi connectivity index (χ2v) is 2.48. The molecule has 0 amide bonds. The van der Waals surface area contributed by atoms with Gasteiger partial charge in [0, 0.05) is 0 Å². The normalized spacial score (nSPS) is 11.4. The fourth-order valence-corrected chi connectivity index (χ4v) is 0.723. The van der Waals surface area contributed by atoms with E-state index in [1.807, 2.05) is 6.08 Å². The van der Waals surface area contributed by atoms with Gasteiger partial charge in [0.2, 0.25) is 0 Å². The number of hydrogen-bond acceptors (Lipinski definition) is 1. The van der Waals surface area contributed by atoms with E-state index in [0.29, 0.717) is 0 Å². The molecule has 0 atom stereocenters. The molecule has 11 heavy (non-hydrogen) atoms. The van der Waals surface area contributed by atoms with E-state index in [1.165, 1.54) is 12.6 Å². The van der Waals surface area contributed by atoms with Crippen molar-refractivity contribution in [3.05, 3.63) is 36.6 Å². The second kappa shape index (κ2) is 7.13. The minimum Gasteiger partial charge on any atom is -0.405 e. The zero-order valence-corrected chi connectivity index (χ0v) is 7.22. The van der Waals surface area contributed by atoms with Gasteiger partial charge in [0.05, 0.1) is 0 Å². The highest BCUT2D eigenvalue weighted by Gasteiger charge is 1.81. The summed E-state index contributed by atoms with van der Waals surface area (Å²) in [7, 11) is 0. The van der Waals surface area contributed by atoms with Gasteiger partial charge >= 0.3 is 0 Å². The molecule has 0 bridgehead atoms. The van der Waals surface area contributed by atoms with Gasteiger partial charge in [0.25, 0.3) is 0 Å². The lowest BCUT2D eigenvalue weighted by molar-refractivity contribution is 0.953. The summed E-state index contributed by atoms with van der Waals surface area (Å²) < 4.78 is 0. The Labute approximate surface area is 69.3 Å². The van der Waals surface area contributed by atoms with E-state index in [4.69, 9.17) is 5.73 Å². The predicted molar refractivity (Wildman–Crippen MR) is 51.1 cm³/mol. The molecule has 0 saturated heterocycles. The Kier molecular flexibility index (Phi) is 6.50. The smallest absolute Gasteiger partial charge is 0.00597 e. The van der Waals surface area contributed by atoms with Crippen LogP contribution in [0.15, 0.2) is 36.6 Å². The van der Waals surface area contributed by atoms with Gasteiger partial charge in [0.1, 0.15) is 0 Å². The number of rotatable bonds is 5. The van der Waals surface area contributed by atoms with Crippen LogP contribution in [0.25, 0.3) is 0 Å². The van der Waals surface area contributed by atoms with Crippen molar-refractivity contribution in [3.63, 3.8) is 0 Å². The molecule has 62 valence electrons. The van der Waals surface area contributed by atoms with E-state index in [2.05, 4.69) is 25.7 Å². The summed E-state index contributed by atoms with van der Waals surface area (Å²) in [5.74, 6) is 0. The maximum atomic E-state index is 5.19. The van der Waals surface area contributed by atoms with E-state index >= 15 is 0 Å². The Morgan fingerprint density at radius 1 is 1.45 bits per heavy atom. The minimum atomic E-state index is 0.910. The molecule has 0 aromatic heterocycles. The second-order valence-electron chi connectivity index (χ2n) is 2.48. The molecule has 0 saturated carbocycles. The van der Waals surface area contributed by atoms with Crippen LogP contribution in [-0.4, -0.2) is 0 Å². The van der Waals surface area contributed by atoms with Gasteiger partial charge in [-0.05, 0) is 25.1 Å². The highest BCUT2D eigenvalue weighted by molar-refractivity contribution is 5.16. The van der Waals surface area contributed by atoms with Crippen LogP contribution < -0.4 is 5.73 Å². The highest BCUT2D eigenvalue weighted by Crippen LogP contribution is 2.01. The average molecular weight is 151 g/mol. The van der Waals surface area contributed by atoms with Gasteiger partial charge in [-0.3, -0.25) is 0 Å². The van der Waals surface area contributed by atoms with Crippen LogP contribution in [0.3, 0.4) is 0 Å². The van der Waals surface area contributed by atoms with E-state index in [1.54, 1.807) is 0 Å². The molecule has 0 radical (unpaired) electrons. The van der Waals surface area contributed by atoms with Crippen molar-refractivity contribution in [1.82, 2.24) is 0 Å². The first-order valence-electron chi connectivity index (χ1n) is 4.02. The van der Waals surface area contributed by atoms with E-state index < -0.39 is 0 Å². The van der Waals surface area contributed by atoms with Crippen LogP contribution in [0.4, 0.5) is 0 Å². The van der Waals surface area contributed by atoms with Crippen LogP contribution in [0.5, 0.6) is 0 Å². The summed E-state index contributed by atoms with van der Waals surface area (Å²) in [5.41, 5.74) is 6.25. The number of allylic oxidation sites excluding steroid dienone is 4. The average Bonchev–Trinajstić information content (AvgIpc) is 1.99. The van der Waals surface area contributed by atoms with Crippen molar-refractivity contribution < 1.29 is 0 Å². The Bertz CT molecular complexity index is 154. The Morgan fingerprint density at radius 2 is 2.18 bits per heavy atom. The third-order valence-corrected chi connectivity index (χ3v) is 1.33. The van der Waals surface area contributed by atoms with Gasteiger partial charge in [-0.1, -0.05) is 37.6 Å². The molecule has 0 fully saturated rings. The first kappa shape index (κ1) is 10.0. The molecule has 0 rings (SSSR count). The van der Waals surface area contributed by atoms with Gasteiger partial charge in [-0.2, -0.15) is 0 Å². The van der Waals surface area contributed by atoms with Crippen molar-refractivity contribution in [3.8, 4) is 0 Å². The molecule has 0 spiro atoms. The summed E-state index contributed by atoms with van der Waals surface area (Å²) in [5, 5.41) is 0. The number of unbranched alkanes of at least 4 members (excludes halogenated alkanes) is 1. The summed E-state index contributed by atoms with van der Waals surface area (Å²) in [6.07, 6.45) is 10.9. The first-order valence-corrected chi connectivity index (χ1v) is 4.02. The van der Waals surface area contributed by atoms with Gasteiger partial charge in [0.15, 0.2) is 0 Å². The molecular formula is C10H17N. The lowest BCUT2D eigenvalue weighted by Gasteiger charge is -1.91. The predicted octanol–water partition coefficient (Wildman–Crippen LogP) is 2.76. The van der Waals surface area contributed by atoms with E-state index in [0.717, 1.165) is 18.4 Å².